The number of carbonyl (C=O) groups excluding carboxylic acids is 1. The van der Waals surface area contributed by atoms with E-state index < -0.39 is 11.7 Å². The molecule has 1 rings (SSSR count). The van der Waals surface area contributed by atoms with Crippen molar-refractivity contribution in [2.45, 2.75) is 39.3 Å². The quantitative estimate of drug-likeness (QED) is 0.214. The number of nitrogens with one attached hydrogen (secondary N) is 3. The number of nitrogens with zero attached hydrogens (tertiary/aromatic N) is 4. The van der Waals surface area contributed by atoms with Crippen molar-refractivity contribution >= 4 is 36.0 Å². The van der Waals surface area contributed by atoms with Crippen molar-refractivity contribution in [2.24, 2.45) is 12.0 Å². The van der Waals surface area contributed by atoms with Gasteiger partial charge in [0.1, 0.15) is 5.60 Å². The summed E-state index contributed by atoms with van der Waals surface area (Å²) in [5, 5.41) is 13.4. The van der Waals surface area contributed by atoms with Crippen molar-refractivity contribution in [3.8, 4) is 0 Å². The number of hydrogen-bond donors (Lipinski definition) is 3. The Bertz CT molecular complexity index is 611. The largest absolute Gasteiger partial charge is 0.444 e. The maximum Gasteiger partial charge on any atom is 0.407 e. The Morgan fingerprint density at radius 1 is 1.29 bits per heavy atom. The average molecular weight is 509 g/mol. The standard InChI is InChI=1S/C18H35N7O2.HI/c1-8-19-16(20-9-10-21-17(26)27-18(2,3)4)22-12-15(24(5)6)14-11-23-25(7)13-14;/h11,13,15H,8-10,12H2,1-7H3,(H,21,26)(H2,19,20,22);1H. The zero-order chi connectivity index (χ0) is 20.4. The van der Waals surface area contributed by atoms with Gasteiger partial charge in [0.05, 0.1) is 18.8 Å². The van der Waals surface area contributed by atoms with E-state index in [1.54, 1.807) is 4.68 Å². The highest BCUT2D eigenvalue weighted by molar-refractivity contribution is 14.0. The van der Waals surface area contributed by atoms with Crippen LogP contribution in [0.3, 0.4) is 0 Å². The van der Waals surface area contributed by atoms with Gasteiger partial charge >= 0.3 is 6.09 Å². The minimum atomic E-state index is -0.499. The average Bonchev–Trinajstić information content (AvgIpc) is 2.95. The molecule has 9 nitrogen and oxygen atoms in total. The molecule has 1 amide bonds. The fourth-order valence-corrected chi connectivity index (χ4v) is 2.36. The van der Waals surface area contributed by atoms with Crippen LogP contribution in [0.1, 0.15) is 39.3 Å². The molecule has 0 aliphatic rings. The van der Waals surface area contributed by atoms with Crippen LogP contribution in [-0.4, -0.2) is 72.6 Å². The van der Waals surface area contributed by atoms with Gasteiger partial charge < -0.3 is 25.6 Å². The Morgan fingerprint density at radius 3 is 2.43 bits per heavy atom. The first-order valence-corrected chi connectivity index (χ1v) is 9.26. The Hall–Kier alpha value is -1.56. The summed E-state index contributed by atoms with van der Waals surface area (Å²) in [6.07, 6.45) is 3.45. The van der Waals surface area contributed by atoms with Crippen LogP contribution in [-0.2, 0) is 11.8 Å². The third-order valence-corrected chi connectivity index (χ3v) is 3.59. The fourth-order valence-electron chi connectivity index (χ4n) is 2.36. The number of carbonyl (C=O) groups is 1. The smallest absolute Gasteiger partial charge is 0.407 e. The van der Waals surface area contributed by atoms with E-state index in [4.69, 9.17) is 4.74 Å². The predicted molar refractivity (Wildman–Crippen MR) is 123 cm³/mol. The van der Waals surface area contributed by atoms with Crippen molar-refractivity contribution in [1.29, 1.82) is 0 Å². The molecule has 0 fully saturated rings. The molecular formula is C18H36IN7O2. The number of aromatic nitrogens is 2. The summed E-state index contributed by atoms with van der Waals surface area (Å²) < 4.78 is 7.00. The summed E-state index contributed by atoms with van der Waals surface area (Å²) in [6, 6.07) is 0.133. The number of ether oxygens (including phenoxy) is 1. The Morgan fingerprint density at radius 2 is 1.93 bits per heavy atom. The van der Waals surface area contributed by atoms with Crippen molar-refractivity contribution in [2.75, 3.05) is 40.3 Å². The summed E-state index contributed by atoms with van der Waals surface area (Å²) in [4.78, 5) is 18.4. The Labute approximate surface area is 185 Å². The second-order valence-electron chi connectivity index (χ2n) is 7.50. The zero-order valence-electron chi connectivity index (χ0n) is 18.1. The third-order valence-electron chi connectivity index (χ3n) is 3.59. The second kappa shape index (κ2) is 12.8. The van der Waals surface area contributed by atoms with Crippen molar-refractivity contribution < 1.29 is 9.53 Å². The second-order valence-corrected chi connectivity index (χ2v) is 7.50. The van der Waals surface area contributed by atoms with E-state index in [1.165, 1.54) is 0 Å². The molecule has 0 aromatic carbocycles. The molecule has 0 bridgehead atoms. The zero-order valence-corrected chi connectivity index (χ0v) is 20.4. The SMILES string of the molecule is CCNC(=NCC(c1cnn(C)c1)N(C)C)NCCNC(=O)OC(C)(C)C.I. The van der Waals surface area contributed by atoms with Gasteiger partial charge in [-0.2, -0.15) is 5.10 Å². The van der Waals surface area contributed by atoms with Gasteiger partial charge in [-0.3, -0.25) is 9.67 Å². The normalized spacial score (nSPS) is 12.9. The summed E-state index contributed by atoms with van der Waals surface area (Å²) in [5.74, 6) is 0.708. The number of guanidine groups is 1. The summed E-state index contributed by atoms with van der Waals surface area (Å²) >= 11 is 0. The highest BCUT2D eigenvalue weighted by Gasteiger charge is 2.16. The molecule has 0 aliphatic carbocycles. The molecule has 1 unspecified atom stereocenters. The molecule has 3 N–H and O–H groups in total. The lowest BCUT2D eigenvalue weighted by molar-refractivity contribution is 0.0529. The number of amides is 1. The number of aliphatic imine (C=N–C) groups is 1. The van der Waals surface area contributed by atoms with Crippen molar-refractivity contribution in [3.63, 3.8) is 0 Å². The highest BCUT2D eigenvalue weighted by Crippen LogP contribution is 2.17. The minimum Gasteiger partial charge on any atom is -0.444 e. The molecule has 162 valence electrons. The first kappa shape index (κ1) is 26.4. The van der Waals surface area contributed by atoms with Gasteiger partial charge in [0.25, 0.3) is 0 Å². The van der Waals surface area contributed by atoms with E-state index in [-0.39, 0.29) is 30.0 Å². The molecule has 10 heteroatoms. The number of hydrogen-bond acceptors (Lipinski definition) is 5. The Balaban J connectivity index is 0.00000729. The van der Waals surface area contributed by atoms with E-state index in [2.05, 4.69) is 30.9 Å². The molecule has 0 aliphatic heterocycles. The first-order chi connectivity index (χ1) is 12.6. The third kappa shape index (κ3) is 10.7. The molecule has 1 heterocycles. The van der Waals surface area contributed by atoms with E-state index in [9.17, 15) is 4.79 Å². The van der Waals surface area contributed by atoms with E-state index >= 15 is 0 Å². The van der Waals surface area contributed by atoms with E-state index in [0.717, 1.165) is 12.1 Å². The van der Waals surface area contributed by atoms with Gasteiger partial charge in [-0.05, 0) is 41.8 Å². The first-order valence-electron chi connectivity index (χ1n) is 9.26. The molecule has 0 spiro atoms. The maximum atomic E-state index is 11.7. The topological polar surface area (TPSA) is 95.8 Å². The number of likely N-dealkylation sites (N-methyl/N-ethyl adjacent to an activating group) is 1. The number of alkyl carbamates (subject to hydrolysis) is 1. The molecular weight excluding hydrogens is 473 g/mol. The van der Waals surface area contributed by atoms with Crippen molar-refractivity contribution in [1.82, 2.24) is 30.6 Å². The van der Waals surface area contributed by atoms with E-state index in [1.807, 2.05) is 61.2 Å². The van der Waals surface area contributed by atoms with Gasteiger partial charge in [-0.15, -0.1) is 24.0 Å². The summed E-state index contributed by atoms with van der Waals surface area (Å²) in [5.41, 5.74) is 0.621. The molecule has 1 atom stereocenters. The van der Waals surface area contributed by atoms with Gasteiger partial charge in [0, 0.05) is 38.4 Å². The van der Waals surface area contributed by atoms with Crippen LogP contribution < -0.4 is 16.0 Å². The molecule has 28 heavy (non-hydrogen) atoms. The summed E-state index contributed by atoms with van der Waals surface area (Å²) in [6.45, 7) is 9.86. The molecule has 0 saturated carbocycles. The highest BCUT2D eigenvalue weighted by atomic mass is 127. The minimum absolute atomic E-state index is 0. The monoisotopic (exact) mass is 509 g/mol. The number of halogens is 1. The van der Waals surface area contributed by atoms with Gasteiger partial charge in [-0.25, -0.2) is 4.79 Å². The van der Waals surface area contributed by atoms with Gasteiger partial charge in [0.2, 0.25) is 0 Å². The number of aryl methyl sites for hydroxylation is 1. The van der Waals surface area contributed by atoms with Crippen LogP contribution in [0, 0.1) is 0 Å². The lowest BCUT2D eigenvalue weighted by Crippen LogP contribution is -2.42. The molecule has 0 saturated heterocycles. The van der Waals surface area contributed by atoms with Crippen molar-refractivity contribution in [3.05, 3.63) is 18.0 Å². The fraction of sp³-hybridized carbons (Fsp3) is 0.722. The van der Waals surface area contributed by atoms with Crippen LogP contribution in [0.4, 0.5) is 4.79 Å². The van der Waals surface area contributed by atoms with Crippen LogP contribution in [0.5, 0.6) is 0 Å². The lowest BCUT2D eigenvalue weighted by Gasteiger charge is -2.22. The molecule has 0 radical (unpaired) electrons. The molecule has 1 aromatic heterocycles. The van der Waals surface area contributed by atoms with Crippen LogP contribution in [0.25, 0.3) is 0 Å². The lowest BCUT2D eigenvalue weighted by atomic mass is 10.1. The summed E-state index contributed by atoms with van der Waals surface area (Å²) in [7, 11) is 5.96. The molecule has 1 aromatic rings. The Kier molecular flexibility index (Phi) is 12.1. The predicted octanol–water partition coefficient (Wildman–Crippen LogP) is 1.72. The van der Waals surface area contributed by atoms with Crippen LogP contribution in [0.2, 0.25) is 0 Å². The number of rotatable bonds is 8. The maximum absolute atomic E-state index is 11.7. The van der Waals surface area contributed by atoms with Crippen LogP contribution in [0.15, 0.2) is 17.4 Å². The van der Waals surface area contributed by atoms with Gasteiger partial charge in [0.15, 0.2) is 5.96 Å². The van der Waals surface area contributed by atoms with Gasteiger partial charge in [-0.1, -0.05) is 0 Å². The van der Waals surface area contributed by atoms with E-state index in [0.29, 0.717) is 25.6 Å². The van der Waals surface area contributed by atoms with Crippen LogP contribution >= 0.6 is 24.0 Å².